The summed E-state index contributed by atoms with van der Waals surface area (Å²) in [4.78, 5) is 9.02. The first-order valence-corrected chi connectivity index (χ1v) is 8.03. The van der Waals surface area contributed by atoms with E-state index in [0.29, 0.717) is 17.3 Å². The first-order valence-electron chi connectivity index (χ1n) is 7.65. The molecule has 0 aliphatic heterocycles. The first-order chi connectivity index (χ1) is 12.2. The fourth-order valence-corrected chi connectivity index (χ4v) is 3.03. The molecule has 4 rings (SSSR count). The van der Waals surface area contributed by atoms with Gasteiger partial charge in [0.1, 0.15) is 17.3 Å². The van der Waals surface area contributed by atoms with E-state index < -0.39 is 0 Å². The van der Waals surface area contributed by atoms with Gasteiger partial charge in [-0.2, -0.15) is 0 Å². The molecule has 1 aromatic carbocycles. The van der Waals surface area contributed by atoms with Gasteiger partial charge in [0, 0.05) is 12.4 Å². The maximum absolute atomic E-state index is 10.4. The maximum Gasteiger partial charge on any atom is 0.222 e. The number of hydrogen-bond donors (Lipinski definition) is 1. The molecule has 0 aliphatic carbocycles. The van der Waals surface area contributed by atoms with Crippen molar-refractivity contribution in [3.05, 3.63) is 65.9 Å². The molecule has 124 valence electrons. The molecule has 1 N–H and O–H groups in total. The highest BCUT2D eigenvalue weighted by Gasteiger charge is 2.19. The minimum atomic E-state index is 0.00428. The molecule has 0 radical (unpaired) electrons. The van der Waals surface area contributed by atoms with Crippen LogP contribution in [0.15, 0.2) is 60.9 Å². The quantitative estimate of drug-likeness (QED) is 0.593. The summed E-state index contributed by atoms with van der Waals surface area (Å²) >= 11 is 6.07. The molecular weight excluding hydrogens is 338 g/mol. The van der Waals surface area contributed by atoms with Gasteiger partial charge in [0.05, 0.1) is 28.8 Å². The van der Waals surface area contributed by atoms with Gasteiger partial charge in [0.15, 0.2) is 0 Å². The second-order valence-electron chi connectivity index (χ2n) is 5.44. The molecule has 6 heteroatoms. The van der Waals surface area contributed by atoms with Gasteiger partial charge in [-0.1, -0.05) is 23.7 Å². The van der Waals surface area contributed by atoms with Crippen molar-refractivity contribution in [2.45, 2.75) is 0 Å². The number of imidazole rings is 1. The Bertz CT molecular complexity index is 1080. The predicted molar refractivity (Wildman–Crippen MR) is 97.1 cm³/mol. The Morgan fingerprint density at radius 2 is 1.88 bits per heavy atom. The van der Waals surface area contributed by atoms with Crippen LogP contribution in [0.25, 0.3) is 28.2 Å². The fourth-order valence-electron chi connectivity index (χ4n) is 2.86. The van der Waals surface area contributed by atoms with Crippen LogP contribution in [0.5, 0.6) is 11.6 Å². The van der Waals surface area contributed by atoms with E-state index in [9.17, 15) is 5.11 Å². The number of para-hydroxylation sites is 1. The Balaban J connectivity index is 2.04. The third-order valence-electron chi connectivity index (χ3n) is 4.00. The molecule has 3 aromatic heterocycles. The summed E-state index contributed by atoms with van der Waals surface area (Å²) in [5.41, 5.74) is 2.94. The van der Waals surface area contributed by atoms with Gasteiger partial charge in [0.25, 0.3) is 0 Å². The molecule has 0 saturated heterocycles. The van der Waals surface area contributed by atoms with E-state index in [0.717, 1.165) is 16.8 Å². The molecule has 0 saturated carbocycles. The molecule has 0 spiro atoms. The van der Waals surface area contributed by atoms with Crippen molar-refractivity contribution in [1.82, 2.24) is 14.4 Å². The largest absolute Gasteiger partial charge is 0.506 e. The summed E-state index contributed by atoms with van der Waals surface area (Å²) in [6, 6.07) is 14.8. The van der Waals surface area contributed by atoms with Crippen molar-refractivity contribution >= 4 is 17.1 Å². The summed E-state index contributed by atoms with van der Waals surface area (Å²) < 4.78 is 7.29. The standard InChI is InChI=1S/C19H14ClN3O2/c1-25-19-12(7-5-10-21-19)16-15-9-2-3-11-23(15)18(22-16)13-6-4-8-14(20)17(13)24/h2-11,24H,1H3. The predicted octanol–water partition coefficient (Wildman–Crippen LogP) is 4.43. The van der Waals surface area contributed by atoms with Crippen molar-refractivity contribution in [1.29, 1.82) is 0 Å². The number of methoxy groups -OCH3 is 1. The second-order valence-corrected chi connectivity index (χ2v) is 5.84. The summed E-state index contributed by atoms with van der Waals surface area (Å²) in [5, 5.41) is 10.7. The molecule has 0 bridgehead atoms. The number of phenols is 1. The molecule has 0 atom stereocenters. The maximum atomic E-state index is 10.4. The SMILES string of the molecule is COc1ncccc1-c1nc(-c2cccc(Cl)c2O)n2ccccc12. The van der Waals surface area contributed by atoms with Crippen LogP contribution >= 0.6 is 11.6 Å². The minimum Gasteiger partial charge on any atom is -0.506 e. The smallest absolute Gasteiger partial charge is 0.222 e. The number of rotatable bonds is 3. The number of benzene rings is 1. The van der Waals surface area contributed by atoms with Crippen LogP contribution in [0.3, 0.4) is 0 Å². The topological polar surface area (TPSA) is 59.7 Å². The third kappa shape index (κ3) is 2.49. The van der Waals surface area contributed by atoms with Gasteiger partial charge >= 0.3 is 0 Å². The van der Waals surface area contributed by atoms with E-state index in [2.05, 4.69) is 4.98 Å². The lowest BCUT2D eigenvalue weighted by atomic mass is 10.2. The molecule has 4 aromatic rings. The minimum absolute atomic E-state index is 0.00428. The van der Waals surface area contributed by atoms with E-state index in [-0.39, 0.29) is 10.8 Å². The highest BCUT2D eigenvalue weighted by molar-refractivity contribution is 6.32. The van der Waals surface area contributed by atoms with Gasteiger partial charge in [0.2, 0.25) is 5.88 Å². The monoisotopic (exact) mass is 351 g/mol. The number of ether oxygens (including phenoxy) is 1. The normalized spacial score (nSPS) is 11.0. The second kappa shape index (κ2) is 6.11. The van der Waals surface area contributed by atoms with Crippen molar-refractivity contribution in [2.75, 3.05) is 7.11 Å². The van der Waals surface area contributed by atoms with Crippen LogP contribution in [0.4, 0.5) is 0 Å². The zero-order chi connectivity index (χ0) is 17.4. The van der Waals surface area contributed by atoms with E-state index >= 15 is 0 Å². The highest BCUT2D eigenvalue weighted by atomic mass is 35.5. The van der Waals surface area contributed by atoms with E-state index in [1.54, 1.807) is 31.5 Å². The van der Waals surface area contributed by atoms with Crippen molar-refractivity contribution < 1.29 is 9.84 Å². The number of aromatic hydroxyl groups is 1. The molecule has 0 unspecified atom stereocenters. The average Bonchev–Trinajstić information content (AvgIpc) is 3.03. The molecule has 0 fully saturated rings. The highest BCUT2D eigenvalue weighted by Crippen LogP contribution is 2.38. The van der Waals surface area contributed by atoms with Gasteiger partial charge in [-0.3, -0.25) is 4.40 Å². The Morgan fingerprint density at radius 1 is 1.04 bits per heavy atom. The van der Waals surface area contributed by atoms with Crippen molar-refractivity contribution in [2.24, 2.45) is 0 Å². The number of fused-ring (bicyclic) bond motifs is 1. The summed E-state index contributed by atoms with van der Waals surface area (Å²) in [5.74, 6) is 1.09. The summed E-state index contributed by atoms with van der Waals surface area (Å²) in [6.45, 7) is 0. The molecule has 0 aliphatic rings. The van der Waals surface area contributed by atoms with Crippen LogP contribution in [0.2, 0.25) is 5.02 Å². The molecule has 25 heavy (non-hydrogen) atoms. The molecule has 0 amide bonds. The fraction of sp³-hybridized carbons (Fsp3) is 0.0526. The molecular formula is C19H14ClN3O2. The van der Waals surface area contributed by atoms with Crippen LogP contribution in [0.1, 0.15) is 0 Å². The zero-order valence-corrected chi connectivity index (χ0v) is 14.1. The lowest BCUT2D eigenvalue weighted by molar-refractivity contribution is 0.399. The Labute approximate surface area is 149 Å². The van der Waals surface area contributed by atoms with E-state index in [1.165, 1.54) is 0 Å². The van der Waals surface area contributed by atoms with Crippen LogP contribution in [0, 0.1) is 0 Å². The Hall–Kier alpha value is -3.05. The Kier molecular flexibility index (Phi) is 3.78. The zero-order valence-electron chi connectivity index (χ0n) is 13.3. The van der Waals surface area contributed by atoms with Gasteiger partial charge < -0.3 is 9.84 Å². The van der Waals surface area contributed by atoms with Crippen molar-refractivity contribution in [3.63, 3.8) is 0 Å². The van der Waals surface area contributed by atoms with Gasteiger partial charge in [-0.05, 0) is 36.4 Å². The first kappa shape index (κ1) is 15.5. The lowest BCUT2D eigenvalue weighted by Crippen LogP contribution is -1.91. The van der Waals surface area contributed by atoms with Gasteiger partial charge in [-0.15, -0.1) is 0 Å². The van der Waals surface area contributed by atoms with Crippen LogP contribution in [-0.2, 0) is 0 Å². The molecule has 5 nitrogen and oxygen atoms in total. The van der Waals surface area contributed by atoms with Crippen molar-refractivity contribution in [3.8, 4) is 34.3 Å². The molecule has 3 heterocycles. The van der Waals surface area contributed by atoms with E-state index in [1.807, 2.05) is 40.9 Å². The van der Waals surface area contributed by atoms with E-state index in [4.69, 9.17) is 21.3 Å². The van der Waals surface area contributed by atoms with Crippen LogP contribution in [-0.4, -0.2) is 26.6 Å². The number of pyridine rings is 2. The van der Waals surface area contributed by atoms with Gasteiger partial charge in [-0.25, -0.2) is 9.97 Å². The lowest BCUT2D eigenvalue weighted by Gasteiger charge is -2.05. The summed E-state index contributed by atoms with van der Waals surface area (Å²) in [6.07, 6.45) is 3.56. The Morgan fingerprint density at radius 3 is 2.72 bits per heavy atom. The summed E-state index contributed by atoms with van der Waals surface area (Å²) in [7, 11) is 1.58. The number of phenolic OH excluding ortho intramolecular Hbond substituents is 1. The number of hydrogen-bond acceptors (Lipinski definition) is 4. The van der Waals surface area contributed by atoms with Crippen LogP contribution < -0.4 is 4.74 Å². The number of halogens is 1. The number of nitrogens with zero attached hydrogens (tertiary/aromatic N) is 3. The number of aromatic nitrogens is 3. The third-order valence-corrected chi connectivity index (χ3v) is 4.30. The average molecular weight is 352 g/mol.